The first-order valence-electron chi connectivity index (χ1n) is 10.4. The van der Waals surface area contributed by atoms with Crippen molar-refractivity contribution in [3.05, 3.63) is 80.0 Å². The maximum Gasteiger partial charge on any atom is 0.372 e. The SMILES string of the molecule is Cc1cc2c(n1-c1ccc(Br)cc1)CC(C)(C)C/C2=N\OC(=O)COc1ccc(Cl)cc1Cl. The molecule has 0 radical (unpaired) electrons. The van der Waals surface area contributed by atoms with E-state index in [9.17, 15) is 4.79 Å². The number of halogens is 3. The van der Waals surface area contributed by atoms with Crippen LogP contribution in [0.15, 0.2) is 58.2 Å². The predicted octanol–water partition coefficient (Wildman–Crippen LogP) is 7.15. The molecule has 8 heteroatoms. The average Bonchev–Trinajstić information content (AvgIpc) is 3.06. The normalized spacial score (nSPS) is 15.9. The van der Waals surface area contributed by atoms with Gasteiger partial charge < -0.3 is 14.1 Å². The number of aromatic nitrogens is 1. The van der Waals surface area contributed by atoms with Crippen LogP contribution in [-0.2, 0) is 16.1 Å². The highest BCUT2D eigenvalue weighted by atomic mass is 79.9. The number of hydrogen-bond donors (Lipinski definition) is 0. The molecule has 0 unspecified atom stereocenters. The molecule has 1 aliphatic rings. The van der Waals surface area contributed by atoms with Gasteiger partial charge in [-0.05, 0) is 73.7 Å². The highest BCUT2D eigenvalue weighted by molar-refractivity contribution is 9.10. The molecule has 0 atom stereocenters. The van der Waals surface area contributed by atoms with Crippen LogP contribution in [0, 0.1) is 12.3 Å². The number of hydrogen-bond acceptors (Lipinski definition) is 4. The molecule has 0 aliphatic heterocycles. The Morgan fingerprint density at radius 1 is 1.12 bits per heavy atom. The smallest absolute Gasteiger partial charge is 0.372 e. The first kappa shape index (κ1) is 23.9. The quantitative estimate of drug-likeness (QED) is 0.251. The minimum absolute atomic E-state index is 0.0382. The van der Waals surface area contributed by atoms with Crippen LogP contribution in [-0.4, -0.2) is 22.9 Å². The van der Waals surface area contributed by atoms with E-state index < -0.39 is 5.97 Å². The molecule has 0 saturated carbocycles. The van der Waals surface area contributed by atoms with E-state index in [1.54, 1.807) is 18.2 Å². The second-order valence-corrected chi connectivity index (χ2v) is 10.6. The number of carbonyl (C=O) groups is 1. The number of oxime groups is 1. The highest BCUT2D eigenvalue weighted by Gasteiger charge is 2.33. The van der Waals surface area contributed by atoms with Crippen molar-refractivity contribution >= 4 is 50.8 Å². The fraction of sp³-hybridized carbons (Fsp3) is 0.280. The summed E-state index contributed by atoms with van der Waals surface area (Å²) in [7, 11) is 0. The van der Waals surface area contributed by atoms with Crippen LogP contribution >= 0.6 is 39.1 Å². The van der Waals surface area contributed by atoms with Gasteiger partial charge in [0.05, 0.1) is 10.7 Å². The third-order valence-electron chi connectivity index (χ3n) is 5.47. The largest absolute Gasteiger partial charge is 0.480 e. The highest BCUT2D eigenvalue weighted by Crippen LogP contribution is 2.38. The Labute approximate surface area is 211 Å². The van der Waals surface area contributed by atoms with E-state index in [2.05, 4.69) is 64.6 Å². The zero-order valence-corrected chi connectivity index (χ0v) is 21.6. The molecule has 1 aromatic heterocycles. The number of rotatable bonds is 5. The molecule has 1 aliphatic carbocycles. The Morgan fingerprint density at radius 2 is 1.85 bits per heavy atom. The maximum absolute atomic E-state index is 12.3. The topological polar surface area (TPSA) is 52.8 Å². The molecule has 33 heavy (non-hydrogen) atoms. The minimum atomic E-state index is -0.609. The number of benzene rings is 2. The molecule has 4 rings (SSSR count). The number of fused-ring (bicyclic) bond motifs is 1. The Morgan fingerprint density at radius 3 is 2.55 bits per heavy atom. The van der Waals surface area contributed by atoms with Crippen LogP contribution in [0.1, 0.15) is 37.2 Å². The van der Waals surface area contributed by atoms with Gasteiger partial charge in [-0.2, -0.15) is 0 Å². The van der Waals surface area contributed by atoms with E-state index in [4.69, 9.17) is 32.8 Å². The van der Waals surface area contributed by atoms with E-state index in [1.165, 1.54) is 0 Å². The third-order valence-corrected chi connectivity index (χ3v) is 6.53. The summed E-state index contributed by atoms with van der Waals surface area (Å²) in [5.74, 6) is -0.253. The van der Waals surface area contributed by atoms with Gasteiger partial charge in [-0.3, -0.25) is 0 Å². The van der Waals surface area contributed by atoms with Gasteiger partial charge in [-0.25, -0.2) is 4.79 Å². The lowest BCUT2D eigenvalue weighted by Crippen LogP contribution is -2.29. The number of aryl methyl sites for hydroxylation is 1. The van der Waals surface area contributed by atoms with Crippen LogP contribution in [0.5, 0.6) is 5.75 Å². The van der Waals surface area contributed by atoms with E-state index in [1.807, 2.05) is 12.1 Å². The number of nitrogens with zero attached hydrogens (tertiary/aromatic N) is 2. The Balaban J connectivity index is 1.55. The molecule has 0 spiro atoms. The van der Waals surface area contributed by atoms with E-state index in [0.29, 0.717) is 22.2 Å². The van der Waals surface area contributed by atoms with Gasteiger partial charge in [-0.1, -0.05) is 58.1 Å². The fourth-order valence-corrected chi connectivity index (χ4v) is 4.80. The van der Waals surface area contributed by atoms with Gasteiger partial charge in [0.15, 0.2) is 6.61 Å². The van der Waals surface area contributed by atoms with Crippen molar-refractivity contribution in [2.24, 2.45) is 10.6 Å². The van der Waals surface area contributed by atoms with Gasteiger partial charge in [-0.15, -0.1) is 0 Å². The Kier molecular flexibility index (Phi) is 6.89. The van der Waals surface area contributed by atoms with Crippen molar-refractivity contribution in [1.82, 2.24) is 4.57 Å². The zero-order chi connectivity index (χ0) is 23.8. The van der Waals surface area contributed by atoms with Gasteiger partial charge in [0.25, 0.3) is 0 Å². The molecule has 0 bridgehead atoms. The van der Waals surface area contributed by atoms with Crippen molar-refractivity contribution in [3.63, 3.8) is 0 Å². The first-order valence-corrected chi connectivity index (χ1v) is 12.0. The number of ether oxygens (including phenoxy) is 1. The molecule has 3 aromatic rings. The zero-order valence-electron chi connectivity index (χ0n) is 18.5. The molecule has 2 aromatic carbocycles. The summed E-state index contributed by atoms with van der Waals surface area (Å²) in [5, 5.41) is 5.06. The molecule has 172 valence electrons. The lowest BCUT2D eigenvalue weighted by atomic mass is 9.76. The summed E-state index contributed by atoms with van der Waals surface area (Å²) in [5.41, 5.74) is 5.05. The molecule has 0 saturated heterocycles. The number of carbonyl (C=O) groups excluding carboxylic acids is 1. The summed E-state index contributed by atoms with van der Waals surface area (Å²) in [6.45, 7) is 6.13. The molecule has 0 N–H and O–H groups in total. The van der Waals surface area contributed by atoms with Gasteiger partial charge in [0, 0.05) is 32.1 Å². The van der Waals surface area contributed by atoms with Crippen LogP contribution in [0.2, 0.25) is 10.0 Å². The van der Waals surface area contributed by atoms with Crippen molar-refractivity contribution in [2.45, 2.75) is 33.6 Å². The van der Waals surface area contributed by atoms with Gasteiger partial charge in [0.1, 0.15) is 5.75 Å². The maximum atomic E-state index is 12.3. The lowest BCUT2D eigenvalue weighted by molar-refractivity contribution is -0.146. The second-order valence-electron chi connectivity index (χ2n) is 8.84. The molecule has 0 fully saturated rings. The monoisotopic (exact) mass is 548 g/mol. The van der Waals surface area contributed by atoms with Crippen molar-refractivity contribution in [1.29, 1.82) is 0 Å². The van der Waals surface area contributed by atoms with Crippen LogP contribution in [0.25, 0.3) is 5.69 Å². The summed E-state index contributed by atoms with van der Waals surface area (Å²) >= 11 is 15.5. The molecular formula is C25H23BrCl2N2O3. The van der Waals surface area contributed by atoms with E-state index >= 15 is 0 Å². The van der Waals surface area contributed by atoms with Gasteiger partial charge >= 0.3 is 5.97 Å². The summed E-state index contributed by atoms with van der Waals surface area (Å²) in [6.07, 6.45) is 1.58. The molecule has 5 nitrogen and oxygen atoms in total. The molecular weight excluding hydrogens is 527 g/mol. The summed E-state index contributed by atoms with van der Waals surface area (Å²) < 4.78 is 8.72. The van der Waals surface area contributed by atoms with Crippen LogP contribution in [0.3, 0.4) is 0 Å². The third kappa shape index (κ3) is 5.45. The predicted molar refractivity (Wildman–Crippen MR) is 135 cm³/mol. The van der Waals surface area contributed by atoms with Gasteiger partial charge in [0.2, 0.25) is 0 Å². The lowest BCUT2D eigenvalue weighted by Gasteiger charge is -2.31. The first-order chi connectivity index (χ1) is 15.6. The van der Waals surface area contributed by atoms with Crippen LogP contribution in [0.4, 0.5) is 0 Å². The van der Waals surface area contributed by atoms with Crippen molar-refractivity contribution < 1.29 is 14.4 Å². The van der Waals surface area contributed by atoms with Crippen molar-refractivity contribution in [2.75, 3.05) is 6.61 Å². The Bertz CT molecular complexity index is 1230. The standard InChI is InChI=1S/C25H23BrCl2N2O3/c1-15-10-19-21(29-33-24(31)14-32-23-9-6-17(27)11-20(23)28)12-25(2,3)13-22(19)30(15)18-7-4-16(26)5-8-18/h4-11H,12-14H2,1-3H3/b29-21+. The van der Waals surface area contributed by atoms with Crippen molar-refractivity contribution in [3.8, 4) is 11.4 Å². The summed E-state index contributed by atoms with van der Waals surface area (Å²) in [4.78, 5) is 17.5. The molecule has 0 amide bonds. The Hall–Kier alpha value is -2.28. The van der Waals surface area contributed by atoms with Crippen LogP contribution < -0.4 is 4.74 Å². The average molecular weight is 550 g/mol. The molecule has 1 heterocycles. The van der Waals surface area contributed by atoms with E-state index in [-0.39, 0.29) is 12.0 Å². The minimum Gasteiger partial charge on any atom is -0.480 e. The second kappa shape index (κ2) is 9.53. The summed E-state index contributed by atoms with van der Waals surface area (Å²) in [6, 6.07) is 15.1. The van der Waals surface area contributed by atoms with E-state index in [0.717, 1.165) is 39.2 Å². The fourth-order valence-electron chi connectivity index (χ4n) is 4.07.